The van der Waals surface area contributed by atoms with Crippen molar-refractivity contribution in [1.29, 1.82) is 0 Å². The molecule has 1 aliphatic carbocycles. The lowest BCUT2D eigenvalue weighted by molar-refractivity contribution is -0.181. The van der Waals surface area contributed by atoms with Gasteiger partial charge >= 0.3 is 17.9 Å². The fourth-order valence-electron chi connectivity index (χ4n) is 9.27. The summed E-state index contributed by atoms with van der Waals surface area (Å²) >= 11 is 0. The SMILES string of the molecule is CC(=O)O[C@@H]1C[C@H]2C[C@@H](OC(=O)[C@H]3[C@H](C(=O)OC4C[C@H]5CC[C@@H](C4)N5C)[C@@H](c4ccccc4)[C@@H]3c3ccccc3)C[C@@H]1N2C. The maximum absolute atomic E-state index is 14.3. The third-order valence-electron chi connectivity index (χ3n) is 11.5. The minimum atomic E-state index is -0.639. The van der Waals surface area contributed by atoms with E-state index >= 15 is 0 Å². The summed E-state index contributed by atoms with van der Waals surface area (Å²) < 4.78 is 18.3. The van der Waals surface area contributed by atoms with Crippen molar-refractivity contribution in [3.63, 3.8) is 0 Å². The second-order valence-corrected chi connectivity index (χ2v) is 13.8. The number of hydrogen-bond acceptors (Lipinski definition) is 8. The Bertz CT molecular complexity index is 1360. The molecule has 8 nitrogen and oxygen atoms in total. The molecule has 4 saturated heterocycles. The van der Waals surface area contributed by atoms with Crippen LogP contribution in [0.3, 0.4) is 0 Å². The van der Waals surface area contributed by atoms with Crippen LogP contribution in [0.25, 0.3) is 0 Å². The third-order valence-corrected chi connectivity index (χ3v) is 11.5. The van der Waals surface area contributed by atoms with Crippen LogP contribution in [0.5, 0.6) is 0 Å². The molecule has 11 atom stereocenters. The van der Waals surface area contributed by atoms with Crippen molar-refractivity contribution in [3.8, 4) is 0 Å². The molecule has 1 unspecified atom stereocenters. The molecule has 8 heteroatoms. The number of benzene rings is 2. The van der Waals surface area contributed by atoms with Crippen molar-refractivity contribution < 1.29 is 28.6 Å². The van der Waals surface area contributed by atoms with E-state index in [4.69, 9.17) is 14.2 Å². The molecule has 5 aliphatic rings. The third kappa shape index (κ3) is 5.34. The largest absolute Gasteiger partial charge is 0.462 e. The van der Waals surface area contributed by atoms with Crippen molar-refractivity contribution in [1.82, 2.24) is 9.80 Å². The Morgan fingerprint density at radius 2 is 1.09 bits per heavy atom. The summed E-state index contributed by atoms with van der Waals surface area (Å²) in [4.78, 5) is 44.9. The predicted molar refractivity (Wildman–Crippen MR) is 164 cm³/mol. The number of piperidine rings is 2. The monoisotopic (exact) mass is 600 g/mol. The van der Waals surface area contributed by atoms with E-state index in [1.807, 2.05) is 36.4 Å². The maximum atomic E-state index is 14.3. The van der Waals surface area contributed by atoms with Gasteiger partial charge in [0.25, 0.3) is 0 Å². The number of carbonyl (C=O) groups excluding carboxylic acids is 3. The average Bonchev–Trinajstić information content (AvgIpc) is 3.27. The Balaban J connectivity index is 1.15. The van der Waals surface area contributed by atoms with Crippen molar-refractivity contribution in [2.45, 2.75) is 106 Å². The predicted octanol–water partition coefficient (Wildman–Crippen LogP) is 4.68. The lowest BCUT2D eigenvalue weighted by atomic mass is 9.52. The normalized spacial score (nSPS) is 38.0. The molecule has 4 aliphatic heterocycles. The molecular weight excluding hydrogens is 556 g/mol. The summed E-state index contributed by atoms with van der Waals surface area (Å²) in [5.41, 5.74) is 2.07. The molecule has 4 heterocycles. The van der Waals surface area contributed by atoms with Crippen LogP contribution in [-0.4, -0.2) is 84.3 Å². The van der Waals surface area contributed by atoms with Crippen LogP contribution in [-0.2, 0) is 28.6 Å². The molecular formula is C36H44N2O6. The number of ether oxygens (including phenoxy) is 3. The molecule has 1 saturated carbocycles. The molecule has 2 aromatic rings. The molecule has 7 rings (SSSR count). The lowest BCUT2D eigenvalue weighted by Gasteiger charge is -2.50. The quantitative estimate of drug-likeness (QED) is 0.335. The van der Waals surface area contributed by atoms with E-state index in [0.29, 0.717) is 24.9 Å². The van der Waals surface area contributed by atoms with Crippen LogP contribution in [0.2, 0.25) is 0 Å². The Hall–Kier alpha value is -3.23. The molecule has 44 heavy (non-hydrogen) atoms. The molecule has 0 spiro atoms. The molecule has 4 bridgehead atoms. The van der Waals surface area contributed by atoms with Gasteiger partial charge in [-0.1, -0.05) is 60.7 Å². The van der Waals surface area contributed by atoms with Crippen molar-refractivity contribution in [2.75, 3.05) is 14.1 Å². The first kappa shape index (κ1) is 29.5. The van der Waals surface area contributed by atoms with Gasteiger partial charge in [0.05, 0.1) is 17.9 Å². The van der Waals surface area contributed by atoms with Gasteiger partial charge in [0.2, 0.25) is 0 Å². The smallest absolute Gasteiger partial charge is 0.310 e. The topological polar surface area (TPSA) is 85.4 Å². The highest BCUT2D eigenvalue weighted by atomic mass is 16.6. The summed E-state index contributed by atoms with van der Waals surface area (Å²) in [6, 6.07) is 21.2. The molecule has 0 radical (unpaired) electrons. The average molecular weight is 601 g/mol. The molecule has 0 aromatic heterocycles. The van der Waals surface area contributed by atoms with E-state index < -0.39 is 11.8 Å². The zero-order valence-electron chi connectivity index (χ0n) is 25.9. The number of fused-ring (bicyclic) bond motifs is 4. The molecule has 0 N–H and O–H groups in total. The highest BCUT2D eigenvalue weighted by Crippen LogP contribution is 2.59. The van der Waals surface area contributed by atoms with Crippen LogP contribution in [0, 0.1) is 11.8 Å². The number of carbonyl (C=O) groups is 3. The van der Waals surface area contributed by atoms with Crippen molar-refractivity contribution >= 4 is 17.9 Å². The lowest BCUT2D eigenvalue weighted by Crippen LogP contribution is -2.54. The fraction of sp³-hybridized carbons (Fsp3) is 0.583. The highest BCUT2D eigenvalue weighted by Gasteiger charge is 2.61. The van der Waals surface area contributed by atoms with E-state index in [-0.39, 0.29) is 60.1 Å². The Morgan fingerprint density at radius 3 is 1.59 bits per heavy atom. The van der Waals surface area contributed by atoms with Gasteiger partial charge in [-0.3, -0.25) is 19.3 Å². The zero-order valence-corrected chi connectivity index (χ0v) is 25.9. The van der Waals surface area contributed by atoms with Gasteiger partial charge in [-0.15, -0.1) is 0 Å². The Morgan fingerprint density at radius 1 is 0.614 bits per heavy atom. The summed E-state index contributed by atoms with van der Waals surface area (Å²) in [5, 5.41) is 0. The molecule has 234 valence electrons. The maximum Gasteiger partial charge on any atom is 0.310 e. The van der Waals surface area contributed by atoms with Crippen LogP contribution in [0.1, 0.15) is 74.8 Å². The van der Waals surface area contributed by atoms with E-state index in [0.717, 1.165) is 43.2 Å². The zero-order chi connectivity index (χ0) is 30.5. The van der Waals surface area contributed by atoms with E-state index in [9.17, 15) is 14.4 Å². The standard InChI is InChI=1S/C36H44N2O6/c1-21(39)42-30-19-26-18-28(20-29(30)38(26)3)44-36(41)34-32(23-12-8-5-9-13-23)31(22-10-6-4-7-11-22)33(34)35(40)43-27-16-24-14-15-25(17-27)37(24)2/h4-13,24-34H,14-20H2,1-3H3/t24-,25+,26-,27?,28-,29+,30-,31+,32+,33-,34-/m1/s1. The van der Waals surface area contributed by atoms with Crippen LogP contribution >= 0.6 is 0 Å². The van der Waals surface area contributed by atoms with Gasteiger partial charge in [-0.25, -0.2) is 0 Å². The fourth-order valence-corrected chi connectivity index (χ4v) is 9.27. The van der Waals surface area contributed by atoms with Gasteiger partial charge in [0.1, 0.15) is 18.3 Å². The van der Waals surface area contributed by atoms with Crippen molar-refractivity contribution in [3.05, 3.63) is 71.8 Å². The summed E-state index contributed by atoms with van der Waals surface area (Å²) in [6.07, 6.45) is 5.42. The van der Waals surface area contributed by atoms with Crippen LogP contribution in [0.4, 0.5) is 0 Å². The van der Waals surface area contributed by atoms with Crippen LogP contribution in [0.15, 0.2) is 60.7 Å². The summed E-state index contributed by atoms with van der Waals surface area (Å²) in [6.45, 7) is 1.44. The first-order valence-electron chi connectivity index (χ1n) is 16.4. The number of esters is 3. The van der Waals surface area contributed by atoms with Gasteiger partial charge in [-0.05, 0) is 50.9 Å². The van der Waals surface area contributed by atoms with Crippen molar-refractivity contribution in [2.24, 2.45) is 11.8 Å². The summed E-state index contributed by atoms with van der Waals surface area (Å²) in [7, 11) is 4.23. The Labute approximate surface area is 260 Å². The van der Waals surface area contributed by atoms with Crippen LogP contribution < -0.4 is 0 Å². The number of hydrogen-bond donors (Lipinski definition) is 0. The second kappa shape index (κ2) is 11.9. The van der Waals surface area contributed by atoms with E-state index in [2.05, 4.69) is 48.2 Å². The molecule has 0 amide bonds. The van der Waals surface area contributed by atoms with Gasteiger partial charge in [-0.2, -0.15) is 0 Å². The Kier molecular flexibility index (Phi) is 8.00. The molecule has 5 fully saturated rings. The summed E-state index contributed by atoms with van der Waals surface area (Å²) in [5.74, 6) is -2.53. The first-order chi connectivity index (χ1) is 21.3. The molecule has 2 aromatic carbocycles. The first-order valence-corrected chi connectivity index (χ1v) is 16.4. The van der Waals surface area contributed by atoms with Gasteiger partial charge in [0, 0.05) is 56.1 Å². The van der Waals surface area contributed by atoms with E-state index in [1.165, 1.54) is 6.92 Å². The number of likely N-dealkylation sites (N-methyl/N-ethyl adjacent to an activating group) is 1. The number of nitrogens with zero attached hydrogens (tertiary/aromatic N) is 2. The second-order valence-electron chi connectivity index (χ2n) is 13.8. The van der Waals surface area contributed by atoms with Gasteiger partial charge in [0.15, 0.2) is 0 Å². The number of rotatable bonds is 7. The minimum Gasteiger partial charge on any atom is -0.462 e. The minimum absolute atomic E-state index is 0.0133. The highest BCUT2D eigenvalue weighted by molar-refractivity contribution is 5.87. The van der Waals surface area contributed by atoms with Gasteiger partial charge < -0.3 is 19.1 Å². The van der Waals surface area contributed by atoms with E-state index in [1.54, 1.807) is 0 Å².